The van der Waals surface area contributed by atoms with Crippen molar-refractivity contribution >= 4 is 22.6 Å². The van der Waals surface area contributed by atoms with Gasteiger partial charge < -0.3 is 10.1 Å². The Balaban J connectivity index is 1.91. The summed E-state index contributed by atoms with van der Waals surface area (Å²) in [6.07, 6.45) is 4.47. The molecule has 2 heterocycles. The zero-order valence-electron chi connectivity index (χ0n) is 11.3. The third kappa shape index (κ3) is 2.79. The molecule has 3 rings (SSSR count). The van der Waals surface area contributed by atoms with Crippen molar-refractivity contribution in [3.8, 4) is 5.75 Å². The summed E-state index contributed by atoms with van der Waals surface area (Å²) in [6, 6.07) is 8.90. The van der Waals surface area contributed by atoms with Gasteiger partial charge in [-0.25, -0.2) is 9.97 Å². The summed E-state index contributed by atoms with van der Waals surface area (Å²) in [6.45, 7) is 0. The quantitative estimate of drug-likeness (QED) is 0.796. The number of aromatic nitrogens is 3. The lowest BCUT2D eigenvalue weighted by atomic mass is 10.1. The average Bonchev–Trinajstić information content (AvgIpc) is 2.54. The van der Waals surface area contributed by atoms with Gasteiger partial charge in [-0.2, -0.15) is 0 Å². The van der Waals surface area contributed by atoms with Gasteiger partial charge in [-0.05, 0) is 30.3 Å². The van der Waals surface area contributed by atoms with Crippen LogP contribution >= 0.6 is 0 Å². The second kappa shape index (κ2) is 5.54. The maximum atomic E-state index is 12.2. The largest absolute Gasteiger partial charge is 0.497 e. The molecule has 0 saturated carbocycles. The molecule has 0 atom stereocenters. The summed E-state index contributed by atoms with van der Waals surface area (Å²) >= 11 is 0. The van der Waals surface area contributed by atoms with Gasteiger partial charge in [0.2, 0.25) is 0 Å². The number of carbonyl (C=O) groups excluding carboxylic acids is 1. The minimum Gasteiger partial charge on any atom is -0.497 e. The Labute approximate surface area is 120 Å². The van der Waals surface area contributed by atoms with E-state index in [0.717, 1.165) is 16.7 Å². The number of benzene rings is 1. The van der Waals surface area contributed by atoms with E-state index in [-0.39, 0.29) is 5.91 Å². The second-order valence-electron chi connectivity index (χ2n) is 4.33. The highest BCUT2D eigenvalue weighted by Crippen LogP contribution is 2.20. The summed E-state index contributed by atoms with van der Waals surface area (Å²) in [5.41, 5.74) is 1.25. The van der Waals surface area contributed by atoms with Crippen molar-refractivity contribution in [1.82, 2.24) is 15.0 Å². The number of carbonyl (C=O) groups is 1. The van der Waals surface area contributed by atoms with Crippen LogP contribution in [0.3, 0.4) is 0 Å². The van der Waals surface area contributed by atoms with Crippen molar-refractivity contribution in [3.63, 3.8) is 0 Å². The molecule has 0 unspecified atom stereocenters. The molecule has 21 heavy (non-hydrogen) atoms. The minimum atomic E-state index is -0.272. The lowest BCUT2D eigenvalue weighted by Crippen LogP contribution is -2.13. The lowest BCUT2D eigenvalue weighted by molar-refractivity contribution is 0.102. The molecule has 1 N–H and O–H groups in total. The summed E-state index contributed by atoms with van der Waals surface area (Å²) < 4.78 is 5.17. The number of amides is 1. The molecule has 6 nitrogen and oxygen atoms in total. The smallest absolute Gasteiger partial charge is 0.258 e. The Hall–Kier alpha value is -3.02. The first-order valence-electron chi connectivity index (χ1n) is 6.27. The average molecular weight is 280 g/mol. The van der Waals surface area contributed by atoms with Crippen molar-refractivity contribution in [2.24, 2.45) is 0 Å². The number of rotatable bonds is 3. The molecule has 1 aromatic carbocycles. The predicted octanol–water partition coefficient (Wildman–Crippen LogP) is 2.29. The van der Waals surface area contributed by atoms with Gasteiger partial charge >= 0.3 is 0 Å². The summed E-state index contributed by atoms with van der Waals surface area (Å²) in [7, 11) is 1.60. The Morgan fingerprint density at radius 3 is 2.86 bits per heavy atom. The Morgan fingerprint density at radius 2 is 2.10 bits per heavy atom. The van der Waals surface area contributed by atoms with Crippen LogP contribution in [-0.2, 0) is 0 Å². The fourth-order valence-corrected chi connectivity index (χ4v) is 1.91. The van der Waals surface area contributed by atoms with Crippen LogP contribution in [-0.4, -0.2) is 28.0 Å². The molecule has 6 heteroatoms. The molecule has 2 aromatic heterocycles. The molecule has 0 fully saturated rings. The number of hydrogen-bond donors (Lipinski definition) is 1. The van der Waals surface area contributed by atoms with E-state index in [2.05, 4.69) is 20.3 Å². The number of nitrogens with one attached hydrogen (secondary N) is 1. The molecular formula is C15H12N4O2. The lowest BCUT2D eigenvalue weighted by Gasteiger charge is -2.06. The number of pyridine rings is 1. The number of nitrogens with zero attached hydrogens (tertiary/aromatic N) is 3. The molecule has 0 aliphatic rings. The van der Waals surface area contributed by atoms with Crippen molar-refractivity contribution < 1.29 is 9.53 Å². The van der Waals surface area contributed by atoms with Crippen molar-refractivity contribution in [1.29, 1.82) is 0 Å². The minimum absolute atomic E-state index is 0.272. The number of ether oxygens (including phenoxy) is 1. The van der Waals surface area contributed by atoms with E-state index < -0.39 is 0 Å². The van der Waals surface area contributed by atoms with E-state index in [1.807, 2.05) is 18.2 Å². The van der Waals surface area contributed by atoms with E-state index in [0.29, 0.717) is 11.4 Å². The fourth-order valence-electron chi connectivity index (χ4n) is 1.91. The van der Waals surface area contributed by atoms with Gasteiger partial charge in [-0.3, -0.25) is 9.78 Å². The Bertz CT molecular complexity index is 790. The number of anilines is 1. The van der Waals surface area contributed by atoms with E-state index in [4.69, 9.17) is 4.74 Å². The first-order valence-corrected chi connectivity index (χ1v) is 6.27. The SMILES string of the molecule is COc1ccc2ncc(C(=O)Nc3ccncn3)cc2c1. The highest BCUT2D eigenvalue weighted by Gasteiger charge is 2.08. The van der Waals surface area contributed by atoms with Crippen molar-refractivity contribution in [3.05, 3.63) is 54.6 Å². The Kier molecular flexibility index (Phi) is 3.42. The number of methoxy groups -OCH3 is 1. The highest BCUT2D eigenvalue weighted by atomic mass is 16.5. The maximum absolute atomic E-state index is 12.2. The molecule has 0 saturated heterocycles. The van der Waals surface area contributed by atoms with Crippen LogP contribution < -0.4 is 10.1 Å². The van der Waals surface area contributed by atoms with Crippen LogP contribution in [0.1, 0.15) is 10.4 Å². The standard InChI is InChI=1S/C15H12N4O2/c1-21-12-2-3-13-10(7-12)6-11(8-17-13)15(20)19-14-4-5-16-9-18-14/h2-9H,1H3,(H,16,18,19,20). The summed E-state index contributed by atoms with van der Waals surface area (Å²) in [5.74, 6) is 0.893. The van der Waals surface area contributed by atoms with Crippen molar-refractivity contribution in [2.45, 2.75) is 0 Å². The second-order valence-corrected chi connectivity index (χ2v) is 4.33. The zero-order chi connectivity index (χ0) is 14.7. The van der Waals surface area contributed by atoms with Crippen LogP contribution in [0.25, 0.3) is 10.9 Å². The molecule has 0 aliphatic carbocycles. The van der Waals surface area contributed by atoms with Gasteiger partial charge in [0.05, 0.1) is 18.2 Å². The van der Waals surface area contributed by atoms with E-state index in [1.54, 1.807) is 25.4 Å². The summed E-state index contributed by atoms with van der Waals surface area (Å²) in [5, 5.41) is 3.53. The van der Waals surface area contributed by atoms with Crippen LogP contribution in [0, 0.1) is 0 Å². The highest BCUT2D eigenvalue weighted by molar-refractivity contribution is 6.05. The molecule has 0 radical (unpaired) electrons. The van der Waals surface area contributed by atoms with Gasteiger partial charge in [0, 0.05) is 17.8 Å². The van der Waals surface area contributed by atoms with Crippen molar-refractivity contribution in [2.75, 3.05) is 12.4 Å². The van der Waals surface area contributed by atoms with Crippen LogP contribution in [0.2, 0.25) is 0 Å². The molecule has 3 aromatic rings. The van der Waals surface area contributed by atoms with Gasteiger partial charge in [-0.1, -0.05) is 0 Å². The van der Waals surface area contributed by atoms with E-state index in [1.165, 1.54) is 12.5 Å². The first-order chi connectivity index (χ1) is 10.3. The zero-order valence-corrected chi connectivity index (χ0v) is 11.3. The van der Waals surface area contributed by atoms with E-state index in [9.17, 15) is 4.79 Å². The molecule has 104 valence electrons. The predicted molar refractivity (Wildman–Crippen MR) is 78.3 cm³/mol. The third-order valence-corrected chi connectivity index (χ3v) is 2.97. The molecule has 0 bridgehead atoms. The summed E-state index contributed by atoms with van der Waals surface area (Å²) in [4.78, 5) is 24.2. The molecule has 1 amide bonds. The number of hydrogen-bond acceptors (Lipinski definition) is 5. The van der Waals surface area contributed by atoms with Crippen LogP contribution in [0.5, 0.6) is 5.75 Å². The number of fused-ring (bicyclic) bond motifs is 1. The first kappa shape index (κ1) is 13.0. The van der Waals surface area contributed by atoms with Gasteiger partial charge in [0.1, 0.15) is 17.9 Å². The van der Waals surface area contributed by atoms with Gasteiger partial charge in [0.25, 0.3) is 5.91 Å². The normalized spacial score (nSPS) is 10.3. The van der Waals surface area contributed by atoms with E-state index >= 15 is 0 Å². The molecular weight excluding hydrogens is 268 g/mol. The molecule has 0 spiro atoms. The topological polar surface area (TPSA) is 77.0 Å². The third-order valence-electron chi connectivity index (χ3n) is 2.97. The molecule has 0 aliphatic heterocycles. The van der Waals surface area contributed by atoms with Gasteiger partial charge in [-0.15, -0.1) is 0 Å². The van der Waals surface area contributed by atoms with Crippen LogP contribution in [0.15, 0.2) is 49.1 Å². The fraction of sp³-hybridized carbons (Fsp3) is 0.0667. The maximum Gasteiger partial charge on any atom is 0.258 e. The monoisotopic (exact) mass is 280 g/mol. The van der Waals surface area contributed by atoms with Crippen LogP contribution in [0.4, 0.5) is 5.82 Å². The van der Waals surface area contributed by atoms with Gasteiger partial charge in [0.15, 0.2) is 0 Å². The Morgan fingerprint density at radius 1 is 1.19 bits per heavy atom.